The van der Waals surface area contributed by atoms with Gasteiger partial charge in [-0.15, -0.1) is 0 Å². The van der Waals surface area contributed by atoms with Gasteiger partial charge in [-0.3, -0.25) is 9.48 Å². The average Bonchev–Trinajstić information content (AvgIpc) is 2.56. The number of aromatic nitrogens is 2. The summed E-state index contributed by atoms with van der Waals surface area (Å²) in [5, 5.41) is 4.87. The van der Waals surface area contributed by atoms with Crippen LogP contribution in [0.4, 0.5) is 0 Å². The molecule has 0 aliphatic rings. The summed E-state index contributed by atoms with van der Waals surface area (Å²) in [4.78, 5) is 11.6. The molecule has 0 aromatic carbocycles. The molecule has 0 saturated heterocycles. The third-order valence-corrected chi connectivity index (χ3v) is 2.90. The van der Waals surface area contributed by atoms with Gasteiger partial charge in [0.25, 0.3) is 0 Å². The Labute approximate surface area is 102 Å². The Bertz CT molecular complexity index is 369. The van der Waals surface area contributed by atoms with Crippen LogP contribution in [0.2, 0.25) is 5.02 Å². The number of ketones is 1. The van der Waals surface area contributed by atoms with Gasteiger partial charge in [-0.1, -0.05) is 25.4 Å². The van der Waals surface area contributed by atoms with Gasteiger partial charge in [-0.25, -0.2) is 0 Å². The van der Waals surface area contributed by atoms with Gasteiger partial charge < -0.3 is 0 Å². The van der Waals surface area contributed by atoms with E-state index in [9.17, 15) is 4.79 Å². The molecule has 4 heteroatoms. The zero-order chi connectivity index (χ0) is 12.3. The molecule has 0 radical (unpaired) electrons. The van der Waals surface area contributed by atoms with E-state index in [4.69, 9.17) is 11.6 Å². The van der Waals surface area contributed by atoms with Gasteiger partial charge in [0.05, 0.1) is 16.9 Å². The standard InChI is InChI=1S/C12H19ClN2O/c1-8(2)12(16)6-5-11-10(13)7-14-15(11)9(3)4/h7-9H,5-6H2,1-4H3. The molecule has 3 nitrogen and oxygen atoms in total. The molecule has 0 N–H and O–H groups in total. The van der Waals surface area contributed by atoms with E-state index in [0.717, 1.165) is 5.69 Å². The summed E-state index contributed by atoms with van der Waals surface area (Å²) in [7, 11) is 0. The van der Waals surface area contributed by atoms with Crippen LogP contribution in [-0.4, -0.2) is 15.6 Å². The molecule has 0 fully saturated rings. The maximum Gasteiger partial charge on any atom is 0.135 e. The van der Waals surface area contributed by atoms with E-state index in [2.05, 4.69) is 18.9 Å². The van der Waals surface area contributed by atoms with Gasteiger partial charge in [0.15, 0.2) is 0 Å². The van der Waals surface area contributed by atoms with Crippen LogP contribution in [-0.2, 0) is 11.2 Å². The smallest absolute Gasteiger partial charge is 0.135 e. The first-order valence-corrected chi connectivity index (χ1v) is 6.05. The Morgan fingerprint density at radius 3 is 2.56 bits per heavy atom. The third-order valence-electron chi connectivity index (χ3n) is 2.59. The highest BCUT2D eigenvalue weighted by atomic mass is 35.5. The number of hydrogen-bond acceptors (Lipinski definition) is 2. The quantitative estimate of drug-likeness (QED) is 0.794. The zero-order valence-electron chi connectivity index (χ0n) is 10.3. The normalized spacial score (nSPS) is 11.4. The minimum Gasteiger partial charge on any atom is -0.299 e. The molecule has 0 unspecified atom stereocenters. The minimum absolute atomic E-state index is 0.0918. The van der Waals surface area contributed by atoms with E-state index >= 15 is 0 Å². The van der Waals surface area contributed by atoms with Crippen molar-refractivity contribution in [3.8, 4) is 0 Å². The summed E-state index contributed by atoms with van der Waals surface area (Å²) < 4.78 is 1.88. The van der Waals surface area contributed by atoms with Gasteiger partial charge in [-0.2, -0.15) is 5.10 Å². The summed E-state index contributed by atoms with van der Waals surface area (Å²) in [6.45, 7) is 7.95. The van der Waals surface area contributed by atoms with E-state index < -0.39 is 0 Å². The third kappa shape index (κ3) is 3.08. The molecule has 0 bridgehead atoms. The number of carbonyl (C=O) groups is 1. The Morgan fingerprint density at radius 2 is 2.06 bits per heavy atom. The second kappa shape index (κ2) is 5.48. The van der Waals surface area contributed by atoms with E-state index in [1.54, 1.807) is 6.20 Å². The highest BCUT2D eigenvalue weighted by Crippen LogP contribution is 2.20. The lowest BCUT2D eigenvalue weighted by molar-refractivity contribution is -0.121. The molecule has 0 aliphatic carbocycles. The molecule has 1 aromatic rings. The molecule has 1 rings (SSSR count). The number of rotatable bonds is 5. The van der Waals surface area contributed by atoms with Crippen LogP contribution in [0.5, 0.6) is 0 Å². The van der Waals surface area contributed by atoms with Gasteiger partial charge in [0.1, 0.15) is 5.78 Å². The summed E-state index contributed by atoms with van der Waals surface area (Å²) >= 11 is 6.06. The molecular formula is C12H19ClN2O. The highest BCUT2D eigenvalue weighted by Gasteiger charge is 2.14. The lowest BCUT2D eigenvalue weighted by Crippen LogP contribution is -2.12. The Kier molecular flexibility index (Phi) is 4.54. The number of carbonyl (C=O) groups excluding carboxylic acids is 1. The topological polar surface area (TPSA) is 34.9 Å². The van der Waals surface area contributed by atoms with Crippen molar-refractivity contribution in [1.29, 1.82) is 0 Å². The van der Waals surface area contributed by atoms with Gasteiger partial charge in [0.2, 0.25) is 0 Å². The molecule has 0 aliphatic heterocycles. The molecule has 0 saturated carbocycles. The Hall–Kier alpha value is -0.830. The highest BCUT2D eigenvalue weighted by molar-refractivity contribution is 6.31. The molecular weight excluding hydrogens is 224 g/mol. The molecule has 0 atom stereocenters. The van der Waals surface area contributed by atoms with Crippen molar-refractivity contribution in [1.82, 2.24) is 9.78 Å². The van der Waals surface area contributed by atoms with Crippen LogP contribution in [0, 0.1) is 5.92 Å². The van der Waals surface area contributed by atoms with E-state index in [0.29, 0.717) is 17.9 Å². The molecule has 0 spiro atoms. The number of halogens is 1. The van der Waals surface area contributed by atoms with Gasteiger partial charge in [0, 0.05) is 18.4 Å². The minimum atomic E-state index is 0.0918. The van der Waals surface area contributed by atoms with Crippen LogP contribution in [0.3, 0.4) is 0 Å². The lowest BCUT2D eigenvalue weighted by atomic mass is 10.0. The second-order valence-electron chi connectivity index (χ2n) is 4.60. The predicted octanol–water partition coefficient (Wildman–Crippen LogP) is 3.28. The molecule has 90 valence electrons. The summed E-state index contributed by atoms with van der Waals surface area (Å²) in [6, 6.07) is 0.275. The van der Waals surface area contributed by atoms with E-state index in [1.165, 1.54) is 0 Å². The number of hydrogen-bond donors (Lipinski definition) is 0. The predicted molar refractivity (Wildman–Crippen MR) is 65.8 cm³/mol. The number of nitrogens with zero attached hydrogens (tertiary/aromatic N) is 2. The SMILES string of the molecule is CC(C)C(=O)CCc1c(Cl)cnn1C(C)C. The van der Waals surface area contributed by atoms with Crippen LogP contribution in [0.15, 0.2) is 6.20 Å². The van der Waals surface area contributed by atoms with Crippen molar-refractivity contribution in [2.24, 2.45) is 5.92 Å². The lowest BCUT2D eigenvalue weighted by Gasteiger charge is -2.11. The van der Waals surface area contributed by atoms with Crippen molar-refractivity contribution in [3.63, 3.8) is 0 Å². The van der Waals surface area contributed by atoms with Crippen molar-refractivity contribution in [3.05, 3.63) is 16.9 Å². The fraction of sp³-hybridized carbons (Fsp3) is 0.667. The van der Waals surface area contributed by atoms with Crippen LogP contribution >= 0.6 is 11.6 Å². The van der Waals surface area contributed by atoms with Gasteiger partial charge in [-0.05, 0) is 20.3 Å². The van der Waals surface area contributed by atoms with Crippen molar-refractivity contribution in [2.75, 3.05) is 0 Å². The van der Waals surface area contributed by atoms with Gasteiger partial charge >= 0.3 is 0 Å². The summed E-state index contributed by atoms with van der Waals surface area (Å²) in [6.07, 6.45) is 2.86. The monoisotopic (exact) mass is 242 g/mol. The van der Waals surface area contributed by atoms with Crippen LogP contribution < -0.4 is 0 Å². The maximum atomic E-state index is 11.6. The average molecular weight is 243 g/mol. The zero-order valence-corrected chi connectivity index (χ0v) is 11.1. The molecule has 1 heterocycles. The fourth-order valence-electron chi connectivity index (χ4n) is 1.58. The number of Topliss-reactive ketones (excluding diaryl/α,β-unsaturated/α-hetero) is 1. The van der Waals surface area contributed by atoms with Crippen molar-refractivity contribution < 1.29 is 4.79 Å². The maximum absolute atomic E-state index is 11.6. The first kappa shape index (κ1) is 13.2. The first-order chi connectivity index (χ1) is 7.43. The van der Waals surface area contributed by atoms with Crippen LogP contribution in [0.25, 0.3) is 0 Å². The van der Waals surface area contributed by atoms with Crippen LogP contribution in [0.1, 0.15) is 45.9 Å². The largest absolute Gasteiger partial charge is 0.299 e. The Morgan fingerprint density at radius 1 is 1.44 bits per heavy atom. The van der Waals surface area contributed by atoms with Crippen molar-refractivity contribution in [2.45, 2.75) is 46.6 Å². The first-order valence-electron chi connectivity index (χ1n) is 5.68. The fourth-order valence-corrected chi connectivity index (χ4v) is 1.80. The molecule has 16 heavy (non-hydrogen) atoms. The Balaban J connectivity index is 2.73. The van der Waals surface area contributed by atoms with Crippen molar-refractivity contribution >= 4 is 17.4 Å². The summed E-state index contributed by atoms with van der Waals surface area (Å²) in [5.41, 5.74) is 0.964. The summed E-state index contributed by atoms with van der Waals surface area (Å²) in [5.74, 6) is 0.363. The van der Waals surface area contributed by atoms with E-state index in [-0.39, 0.29) is 17.7 Å². The second-order valence-corrected chi connectivity index (χ2v) is 5.01. The molecule has 0 amide bonds. The molecule has 1 aromatic heterocycles. The van der Waals surface area contributed by atoms with E-state index in [1.807, 2.05) is 18.5 Å².